The first kappa shape index (κ1) is 20.1. The summed E-state index contributed by atoms with van der Waals surface area (Å²) in [7, 11) is -2.47. The van der Waals surface area contributed by atoms with Crippen LogP contribution in [-0.4, -0.2) is 57.2 Å². The molecule has 2 saturated heterocycles. The summed E-state index contributed by atoms with van der Waals surface area (Å²) in [5.74, 6) is 0.118. The van der Waals surface area contributed by atoms with Gasteiger partial charge in [0.05, 0.1) is 26.1 Å². The van der Waals surface area contributed by atoms with Gasteiger partial charge in [-0.2, -0.15) is 9.97 Å². The number of aromatic nitrogens is 4. The minimum Gasteiger partial charge on any atom is -0.479 e. The molecule has 0 spiro atoms. The summed E-state index contributed by atoms with van der Waals surface area (Å²) in [5, 5.41) is 0. The third-order valence-electron chi connectivity index (χ3n) is 5.75. The highest BCUT2D eigenvalue weighted by Crippen LogP contribution is 2.61. The summed E-state index contributed by atoms with van der Waals surface area (Å²) < 4.78 is 58.0. The molecule has 5 rings (SSSR count). The normalized spacial score (nSPS) is 37.0. The number of nitrogen functional groups attached to an aromatic ring is 1. The Morgan fingerprint density at radius 3 is 2.87 bits per heavy atom. The van der Waals surface area contributed by atoms with Crippen LogP contribution in [0.3, 0.4) is 0 Å². The van der Waals surface area contributed by atoms with E-state index in [1.165, 1.54) is 24.9 Å². The summed E-state index contributed by atoms with van der Waals surface area (Å²) in [6.45, 7) is 1.21. The number of alkyl halides is 1. The van der Waals surface area contributed by atoms with Gasteiger partial charge >= 0.3 is 7.82 Å². The molecule has 2 aromatic rings. The van der Waals surface area contributed by atoms with Crippen molar-refractivity contribution in [2.45, 2.75) is 62.8 Å². The molecule has 2 aromatic heterocycles. The first-order chi connectivity index (χ1) is 14.3. The molecule has 1 saturated carbocycles. The average molecular weight is 443 g/mol. The topological polar surface area (TPSA) is 133 Å². The fourth-order valence-corrected chi connectivity index (χ4v) is 5.99. The SMILES string of the molecule is COc1nc(N)nc2c1ncn2[C@@H]1O[C@@H]2CO[P@](=O)(OC3CCCC3)O[C@H]2[C@@]1(C)F. The molecule has 3 fully saturated rings. The van der Waals surface area contributed by atoms with Crippen molar-refractivity contribution in [2.75, 3.05) is 19.5 Å². The molecular weight excluding hydrogens is 420 g/mol. The second-order valence-electron chi connectivity index (χ2n) is 7.87. The first-order valence-electron chi connectivity index (χ1n) is 9.80. The standard InChI is InChI=1S/C17H23FN5O6P/c1-17(18)12-10(7-26-30(24,29-12)28-9-5-3-4-6-9)27-15(17)23-8-20-11-13(23)21-16(19)22-14(11)25-2/h8-10,12,15H,3-7H2,1-2H3,(H2,19,21,22)/t10-,12-,15-,17-,30-/m1/s1. The molecule has 0 radical (unpaired) electrons. The maximum Gasteiger partial charge on any atom is 0.475 e. The molecule has 30 heavy (non-hydrogen) atoms. The minimum atomic E-state index is -3.90. The van der Waals surface area contributed by atoms with Crippen LogP contribution in [0.4, 0.5) is 10.3 Å². The Bertz CT molecular complexity index is 1010. The van der Waals surface area contributed by atoms with E-state index in [2.05, 4.69) is 15.0 Å². The van der Waals surface area contributed by atoms with E-state index in [-0.39, 0.29) is 30.2 Å². The van der Waals surface area contributed by atoms with Crippen LogP contribution < -0.4 is 10.5 Å². The summed E-state index contributed by atoms with van der Waals surface area (Å²) in [6, 6.07) is 0. The molecule has 0 bridgehead atoms. The summed E-state index contributed by atoms with van der Waals surface area (Å²) >= 11 is 0. The first-order valence-corrected chi connectivity index (χ1v) is 11.3. The highest BCUT2D eigenvalue weighted by Gasteiger charge is 2.62. The summed E-state index contributed by atoms with van der Waals surface area (Å²) in [5.41, 5.74) is 4.23. The highest BCUT2D eigenvalue weighted by atomic mass is 31.2. The largest absolute Gasteiger partial charge is 0.479 e. The smallest absolute Gasteiger partial charge is 0.475 e. The molecular formula is C17H23FN5O6P. The van der Waals surface area contributed by atoms with Gasteiger partial charge in [-0.05, 0) is 19.8 Å². The van der Waals surface area contributed by atoms with Gasteiger partial charge in [0.1, 0.15) is 12.2 Å². The zero-order chi connectivity index (χ0) is 21.1. The van der Waals surface area contributed by atoms with Crippen LogP contribution in [0.1, 0.15) is 38.8 Å². The van der Waals surface area contributed by atoms with Gasteiger partial charge in [-0.1, -0.05) is 12.8 Å². The molecule has 2 N–H and O–H groups in total. The van der Waals surface area contributed by atoms with Crippen molar-refractivity contribution in [3.8, 4) is 5.88 Å². The molecule has 11 nitrogen and oxygen atoms in total. The van der Waals surface area contributed by atoms with E-state index in [0.717, 1.165) is 25.7 Å². The van der Waals surface area contributed by atoms with Crippen molar-refractivity contribution >= 4 is 24.9 Å². The third kappa shape index (κ3) is 3.18. The van der Waals surface area contributed by atoms with Gasteiger partial charge in [-0.25, -0.2) is 13.9 Å². The van der Waals surface area contributed by atoms with Gasteiger partial charge in [-0.15, -0.1) is 0 Å². The van der Waals surface area contributed by atoms with Crippen LogP contribution in [0.2, 0.25) is 0 Å². The Kier molecular flexibility index (Phi) is 4.75. The minimum absolute atomic E-state index is 0.0499. The Morgan fingerprint density at radius 1 is 1.37 bits per heavy atom. The van der Waals surface area contributed by atoms with Crippen molar-refractivity contribution < 1.29 is 32.0 Å². The molecule has 0 amide bonds. The van der Waals surface area contributed by atoms with E-state index in [9.17, 15) is 4.57 Å². The van der Waals surface area contributed by atoms with E-state index in [1.54, 1.807) is 0 Å². The third-order valence-corrected chi connectivity index (χ3v) is 7.26. The molecule has 5 atom stereocenters. The lowest BCUT2D eigenvalue weighted by Gasteiger charge is -2.34. The van der Waals surface area contributed by atoms with Gasteiger partial charge in [0, 0.05) is 0 Å². The van der Waals surface area contributed by atoms with Crippen molar-refractivity contribution in [3.05, 3.63) is 6.33 Å². The van der Waals surface area contributed by atoms with Crippen LogP contribution in [0.25, 0.3) is 11.2 Å². The number of imidazole rings is 1. The van der Waals surface area contributed by atoms with Crippen LogP contribution in [0, 0.1) is 0 Å². The predicted molar refractivity (Wildman–Crippen MR) is 101 cm³/mol. The zero-order valence-electron chi connectivity index (χ0n) is 16.6. The number of phosphoric ester groups is 1. The quantitative estimate of drug-likeness (QED) is 0.703. The second kappa shape index (κ2) is 7.10. The predicted octanol–water partition coefficient (Wildman–Crippen LogP) is 2.53. The Hall–Kier alpha value is -1.85. The number of ether oxygens (including phenoxy) is 2. The van der Waals surface area contributed by atoms with E-state index >= 15 is 4.39 Å². The van der Waals surface area contributed by atoms with Gasteiger partial charge in [-0.3, -0.25) is 18.1 Å². The second-order valence-corrected chi connectivity index (χ2v) is 9.45. The van der Waals surface area contributed by atoms with Gasteiger partial charge in [0.25, 0.3) is 0 Å². The number of hydrogen-bond acceptors (Lipinski definition) is 10. The van der Waals surface area contributed by atoms with Gasteiger partial charge in [0.2, 0.25) is 11.8 Å². The maximum atomic E-state index is 16.0. The number of phosphoric acid groups is 1. The number of halogens is 1. The fraction of sp³-hybridized carbons (Fsp3) is 0.706. The van der Waals surface area contributed by atoms with Crippen molar-refractivity contribution in [1.82, 2.24) is 19.5 Å². The van der Waals surface area contributed by atoms with Gasteiger partial charge in [0.15, 0.2) is 23.1 Å². The Morgan fingerprint density at radius 2 is 2.13 bits per heavy atom. The van der Waals surface area contributed by atoms with Crippen LogP contribution in [0.15, 0.2) is 6.33 Å². The molecule has 2 aliphatic heterocycles. The number of fused-ring (bicyclic) bond motifs is 2. The molecule has 3 aliphatic rings. The number of methoxy groups -OCH3 is 1. The molecule has 0 unspecified atom stereocenters. The average Bonchev–Trinajstić information content (AvgIpc) is 3.40. The van der Waals surface area contributed by atoms with E-state index in [0.29, 0.717) is 5.52 Å². The molecule has 4 heterocycles. The summed E-state index contributed by atoms with van der Waals surface area (Å²) in [4.78, 5) is 12.3. The molecule has 13 heteroatoms. The van der Waals surface area contributed by atoms with Crippen molar-refractivity contribution in [2.24, 2.45) is 0 Å². The monoisotopic (exact) mass is 443 g/mol. The Labute approximate surface area is 171 Å². The van der Waals surface area contributed by atoms with Crippen LogP contribution >= 0.6 is 7.82 Å². The van der Waals surface area contributed by atoms with Crippen LogP contribution in [-0.2, 0) is 22.9 Å². The molecule has 0 aromatic carbocycles. The number of nitrogens with zero attached hydrogens (tertiary/aromatic N) is 4. The number of rotatable bonds is 4. The van der Waals surface area contributed by atoms with E-state index in [4.69, 9.17) is 28.8 Å². The van der Waals surface area contributed by atoms with Gasteiger partial charge < -0.3 is 15.2 Å². The van der Waals surface area contributed by atoms with Crippen LogP contribution in [0.5, 0.6) is 5.88 Å². The maximum absolute atomic E-state index is 16.0. The number of anilines is 1. The zero-order valence-corrected chi connectivity index (χ0v) is 17.5. The van der Waals surface area contributed by atoms with Crippen molar-refractivity contribution in [1.29, 1.82) is 0 Å². The lowest BCUT2D eigenvalue weighted by Crippen LogP contribution is -2.45. The van der Waals surface area contributed by atoms with E-state index in [1.807, 2.05) is 0 Å². The van der Waals surface area contributed by atoms with E-state index < -0.39 is 31.9 Å². The molecule has 164 valence electrons. The lowest BCUT2D eigenvalue weighted by molar-refractivity contribution is -0.0745. The molecule has 1 aliphatic carbocycles. The summed E-state index contributed by atoms with van der Waals surface area (Å²) in [6.07, 6.45) is 1.60. The number of hydrogen-bond donors (Lipinski definition) is 1. The Balaban J connectivity index is 1.45. The highest BCUT2D eigenvalue weighted by molar-refractivity contribution is 7.48. The fourth-order valence-electron chi connectivity index (χ4n) is 4.30. The van der Waals surface area contributed by atoms with Crippen molar-refractivity contribution in [3.63, 3.8) is 0 Å². The lowest BCUT2D eigenvalue weighted by atomic mass is 9.98. The number of nitrogens with two attached hydrogens (primary N) is 1.